The molecule has 1 saturated heterocycles. The van der Waals surface area contributed by atoms with Gasteiger partial charge in [0.2, 0.25) is 0 Å². The number of hydrogen-bond donors (Lipinski definition) is 1. The summed E-state index contributed by atoms with van der Waals surface area (Å²) in [7, 11) is 1.32. The van der Waals surface area contributed by atoms with Crippen LogP contribution in [0.5, 0.6) is 0 Å². The maximum atomic E-state index is 12.2. The molecule has 138 valence electrons. The standard InChI is InChI=1S/C18H25ClN2O4/c1-18(2,3)25-17(23)21-9-7-15(20-8-10-21)12-5-6-13(14(19)11-12)16(22)24-4/h5-6,11,15,20H,7-10H2,1-4H3. The molecule has 1 heterocycles. The van der Waals surface area contributed by atoms with Crippen LogP contribution in [-0.2, 0) is 9.47 Å². The molecular weight excluding hydrogens is 344 g/mol. The van der Waals surface area contributed by atoms with E-state index < -0.39 is 11.6 Å². The number of esters is 1. The molecule has 25 heavy (non-hydrogen) atoms. The zero-order valence-electron chi connectivity index (χ0n) is 15.1. The van der Waals surface area contributed by atoms with Crippen molar-refractivity contribution < 1.29 is 19.1 Å². The van der Waals surface area contributed by atoms with E-state index in [2.05, 4.69) is 5.32 Å². The van der Waals surface area contributed by atoms with Crippen molar-refractivity contribution in [2.24, 2.45) is 0 Å². The number of amides is 1. The van der Waals surface area contributed by atoms with Crippen molar-refractivity contribution in [2.75, 3.05) is 26.7 Å². The van der Waals surface area contributed by atoms with Crippen molar-refractivity contribution in [3.63, 3.8) is 0 Å². The minimum absolute atomic E-state index is 0.0524. The van der Waals surface area contributed by atoms with E-state index in [0.29, 0.717) is 30.2 Å². The minimum atomic E-state index is -0.506. The van der Waals surface area contributed by atoms with Gasteiger partial charge in [0.25, 0.3) is 0 Å². The topological polar surface area (TPSA) is 67.9 Å². The van der Waals surface area contributed by atoms with Crippen molar-refractivity contribution in [3.05, 3.63) is 34.3 Å². The molecule has 0 aromatic heterocycles. The largest absolute Gasteiger partial charge is 0.465 e. The third kappa shape index (κ3) is 5.34. The number of ether oxygens (including phenoxy) is 2. The number of nitrogens with one attached hydrogen (secondary N) is 1. The van der Waals surface area contributed by atoms with Crippen molar-refractivity contribution in [2.45, 2.75) is 38.8 Å². The maximum absolute atomic E-state index is 12.2. The molecule has 1 N–H and O–H groups in total. The predicted octanol–water partition coefficient (Wildman–Crippen LogP) is 3.40. The van der Waals surface area contributed by atoms with Gasteiger partial charge < -0.3 is 19.7 Å². The molecule has 1 fully saturated rings. The highest BCUT2D eigenvalue weighted by Crippen LogP contribution is 2.26. The Morgan fingerprint density at radius 1 is 1.28 bits per heavy atom. The third-order valence-electron chi connectivity index (χ3n) is 3.91. The van der Waals surface area contributed by atoms with Gasteiger partial charge in [0.15, 0.2) is 0 Å². The fourth-order valence-corrected chi connectivity index (χ4v) is 2.96. The van der Waals surface area contributed by atoms with Gasteiger partial charge in [-0.25, -0.2) is 9.59 Å². The molecule has 1 aromatic carbocycles. The second kappa shape index (κ2) is 8.06. The molecule has 1 aliphatic heterocycles. The number of hydrogen-bond acceptors (Lipinski definition) is 5. The van der Waals surface area contributed by atoms with Crippen LogP contribution in [0.4, 0.5) is 4.79 Å². The normalized spacial score (nSPS) is 18.4. The number of methoxy groups -OCH3 is 1. The summed E-state index contributed by atoms with van der Waals surface area (Å²) in [5, 5.41) is 3.77. The Labute approximate surface area is 153 Å². The Morgan fingerprint density at radius 2 is 2.00 bits per heavy atom. The number of carbonyl (C=O) groups is 2. The summed E-state index contributed by atoms with van der Waals surface area (Å²) in [5.41, 5.74) is 0.814. The first-order valence-electron chi connectivity index (χ1n) is 8.30. The van der Waals surface area contributed by atoms with Gasteiger partial charge in [0.05, 0.1) is 17.7 Å². The zero-order chi connectivity index (χ0) is 18.6. The lowest BCUT2D eigenvalue weighted by atomic mass is 10.0. The van der Waals surface area contributed by atoms with Gasteiger partial charge in [-0.1, -0.05) is 17.7 Å². The lowest BCUT2D eigenvalue weighted by Gasteiger charge is -2.26. The summed E-state index contributed by atoms with van der Waals surface area (Å²) in [6, 6.07) is 5.35. The van der Waals surface area contributed by atoms with Crippen LogP contribution in [0.25, 0.3) is 0 Å². The van der Waals surface area contributed by atoms with E-state index in [1.807, 2.05) is 26.8 Å². The van der Waals surface area contributed by atoms with Crippen LogP contribution in [0, 0.1) is 0 Å². The highest BCUT2D eigenvalue weighted by atomic mass is 35.5. The average molecular weight is 369 g/mol. The van der Waals surface area contributed by atoms with Gasteiger partial charge in [-0.15, -0.1) is 0 Å². The van der Waals surface area contributed by atoms with Crippen LogP contribution in [-0.4, -0.2) is 49.3 Å². The molecule has 0 bridgehead atoms. The molecule has 2 rings (SSSR count). The quantitative estimate of drug-likeness (QED) is 0.810. The molecule has 0 saturated carbocycles. The molecule has 1 amide bonds. The first-order chi connectivity index (χ1) is 11.7. The van der Waals surface area contributed by atoms with Crippen molar-refractivity contribution in [1.82, 2.24) is 10.2 Å². The fourth-order valence-electron chi connectivity index (χ4n) is 2.69. The average Bonchev–Trinajstić information content (AvgIpc) is 2.78. The van der Waals surface area contributed by atoms with Crippen molar-refractivity contribution in [3.8, 4) is 0 Å². The summed E-state index contributed by atoms with van der Waals surface area (Å²) in [6.07, 6.45) is 0.432. The Morgan fingerprint density at radius 3 is 2.60 bits per heavy atom. The highest BCUT2D eigenvalue weighted by Gasteiger charge is 2.26. The molecule has 1 unspecified atom stereocenters. The fraction of sp³-hybridized carbons (Fsp3) is 0.556. The van der Waals surface area contributed by atoms with Crippen molar-refractivity contribution in [1.29, 1.82) is 0 Å². The molecule has 1 aromatic rings. The van der Waals surface area contributed by atoms with E-state index in [4.69, 9.17) is 21.1 Å². The summed E-state index contributed by atoms with van der Waals surface area (Å²) in [5.74, 6) is -0.457. The predicted molar refractivity (Wildman–Crippen MR) is 96.0 cm³/mol. The first kappa shape index (κ1) is 19.5. The Balaban J connectivity index is 2.04. The lowest BCUT2D eigenvalue weighted by molar-refractivity contribution is 0.0261. The number of nitrogens with zero attached hydrogens (tertiary/aromatic N) is 1. The van der Waals surface area contributed by atoms with Gasteiger partial charge in [0.1, 0.15) is 5.60 Å². The second-order valence-corrected chi connectivity index (χ2v) is 7.40. The number of benzene rings is 1. The summed E-state index contributed by atoms with van der Waals surface area (Å²) >= 11 is 6.20. The molecule has 1 atom stereocenters. The lowest BCUT2D eigenvalue weighted by Crippen LogP contribution is -2.38. The van der Waals surface area contributed by atoms with Crippen LogP contribution < -0.4 is 5.32 Å². The molecule has 0 radical (unpaired) electrons. The maximum Gasteiger partial charge on any atom is 0.410 e. The Bertz CT molecular complexity index is 642. The number of halogens is 1. The summed E-state index contributed by atoms with van der Waals surface area (Å²) < 4.78 is 10.1. The smallest absolute Gasteiger partial charge is 0.410 e. The van der Waals surface area contributed by atoms with E-state index in [-0.39, 0.29) is 12.1 Å². The van der Waals surface area contributed by atoms with Gasteiger partial charge in [-0.05, 0) is 44.9 Å². The molecule has 1 aliphatic rings. The van der Waals surface area contributed by atoms with Crippen LogP contribution >= 0.6 is 11.6 Å². The number of rotatable bonds is 2. The van der Waals surface area contributed by atoms with Gasteiger partial charge >= 0.3 is 12.1 Å². The zero-order valence-corrected chi connectivity index (χ0v) is 15.9. The summed E-state index contributed by atoms with van der Waals surface area (Å²) in [4.78, 5) is 25.6. The Kier molecular flexibility index (Phi) is 6.30. The molecule has 0 spiro atoms. The third-order valence-corrected chi connectivity index (χ3v) is 4.23. The second-order valence-electron chi connectivity index (χ2n) is 6.99. The van der Waals surface area contributed by atoms with Gasteiger partial charge in [-0.2, -0.15) is 0 Å². The molecule has 7 heteroatoms. The van der Waals surface area contributed by atoms with E-state index in [9.17, 15) is 9.59 Å². The van der Waals surface area contributed by atoms with Crippen LogP contribution in [0.3, 0.4) is 0 Å². The monoisotopic (exact) mass is 368 g/mol. The molecule has 0 aliphatic carbocycles. The summed E-state index contributed by atoms with van der Waals surface area (Å²) in [6.45, 7) is 7.39. The van der Waals surface area contributed by atoms with E-state index in [1.165, 1.54) is 7.11 Å². The van der Waals surface area contributed by atoms with Crippen LogP contribution in [0.2, 0.25) is 5.02 Å². The van der Waals surface area contributed by atoms with Crippen LogP contribution in [0.15, 0.2) is 18.2 Å². The van der Waals surface area contributed by atoms with Crippen LogP contribution in [0.1, 0.15) is 49.2 Å². The number of carbonyl (C=O) groups excluding carboxylic acids is 2. The van der Waals surface area contributed by atoms with Gasteiger partial charge in [-0.3, -0.25) is 0 Å². The molecular formula is C18H25ClN2O4. The highest BCUT2D eigenvalue weighted by molar-refractivity contribution is 6.33. The SMILES string of the molecule is COC(=O)c1ccc(C2CCN(C(=O)OC(C)(C)C)CCN2)cc1Cl. The molecule has 6 nitrogen and oxygen atoms in total. The minimum Gasteiger partial charge on any atom is -0.465 e. The Hall–Kier alpha value is -1.79. The van der Waals surface area contributed by atoms with Crippen molar-refractivity contribution >= 4 is 23.7 Å². The van der Waals surface area contributed by atoms with Gasteiger partial charge in [0, 0.05) is 25.7 Å². The van der Waals surface area contributed by atoms with E-state index in [1.54, 1.807) is 17.0 Å². The van der Waals surface area contributed by atoms with E-state index in [0.717, 1.165) is 12.0 Å². The first-order valence-corrected chi connectivity index (χ1v) is 8.68. The van der Waals surface area contributed by atoms with E-state index >= 15 is 0 Å².